The molecule has 0 aliphatic carbocycles. The summed E-state index contributed by atoms with van der Waals surface area (Å²) in [5, 5.41) is 4.82. The van der Waals surface area contributed by atoms with Gasteiger partial charge in [0.1, 0.15) is 0 Å². The van der Waals surface area contributed by atoms with Crippen LogP contribution in [0, 0.1) is 0 Å². The molecule has 0 bridgehead atoms. The normalized spacial score (nSPS) is 10.9. The predicted molar refractivity (Wildman–Crippen MR) is 91.6 cm³/mol. The highest BCUT2D eigenvalue weighted by atomic mass is 79.9. The van der Waals surface area contributed by atoms with Gasteiger partial charge in [0.2, 0.25) is 0 Å². The molecule has 1 nitrogen and oxygen atoms in total. The lowest BCUT2D eigenvalue weighted by Gasteiger charge is -2.06. The first kappa shape index (κ1) is 15.8. The molecule has 0 amide bonds. The summed E-state index contributed by atoms with van der Waals surface area (Å²) in [4.78, 5) is 1.29. The second-order valence-corrected chi connectivity index (χ2v) is 8.15. The van der Waals surface area contributed by atoms with Gasteiger partial charge in [-0.05, 0) is 68.6 Å². The van der Waals surface area contributed by atoms with Gasteiger partial charge in [0.15, 0.2) is 0 Å². The third-order valence-electron chi connectivity index (χ3n) is 2.58. The summed E-state index contributed by atoms with van der Waals surface area (Å²) in [5.74, 6) is 0. The van der Waals surface area contributed by atoms with E-state index in [9.17, 15) is 0 Å². The van der Waals surface area contributed by atoms with Crippen molar-refractivity contribution >= 4 is 66.4 Å². The SMILES string of the molecule is Clc1ccc(CCNCc2cc(Br)c(Br)s2)c(Cl)c1. The number of thiophene rings is 1. The molecule has 0 fully saturated rings. The Balaban J connectivity index is 1.80. The fourth-order valence-corrected chi connectivity index (χ4v) is 4.29. The number of benzene rings is 1. The third-order valence-corrected chi connectivity index (χ3v) is 6.42. The lowest BCUT2D eigenvalue weighted by Crippen LogP contribution is -2.16. The van der Waals surface area contributed by atoms with Crippen LogP contribution in [-0.2, 0) is 13.0 Å². The quantitative estimate of drug-likeness (QED) is 0.566. The molecule has 19 heavy (non-hydrogen) atoms. The van der Waals surface area contributed by atoms with Crippen LogP contribution >= 0.6 is 66.4 Å². The summed E-state index contributed by atoms with van der Waals surface area (Å²) in [5.41, 5.74) is 1.12. The van der Waals surface area contributed by atoms with Crippen molar-refractivity contribution in [3.63, 3.8) is 0 Å². The first-order chi connectivity index (χ1) is 9.06. The van der Waals surface area contributed by atoms with Crippen LogP contribution in [0.4, 0.5) is 0 Å². The molecule has 1 heterocycles. The molecule has 1 N–H and O–H groups in total. The van der Waals surface area contributed by atoms with Gasteiger partial charge in [0, 0.05) is 25.9 Å². The summed E-state index contributed by atoms with van der Waals surface area (Å²) in [7, 11) is 0. The minimum Gasteiger partial charge on any atom is -0.312 e. The van der Waals surface area contributed by atoms with Gasteiger partial charge in [-0.25, -0.2) is 0 Å². The van der Waals surface area contributed by atoms with E-state index in [1.54, 1.807) is 17.4 Å². The highest BCUT2D eigenvalue weighted by Crippen LogP contribution is 2.32. The van der Waals surface area contributed by atoms with Crippen molar-refractivity contribution in [2.75, 3.05) is 6.54 Å². The number of nitrogens with one attached hydrogen (secondary N) is 1. The molecule has 2 rings (SSSR count). The molecule has 0 unspecified atom stereocenters. The van der Waals surface area contributed by atoms with E-state index in [2.05, 4.69) is 43.2 Å². The maximum atomic E-state index is 6.13. The minimum absolute atomic E-state index is 0.676. The van der Waals surface area contributed by atoms with Crippen LogP contribution in [0.25, 0.3) is 0 Å². The Kier molecular flexibility index (Phi) is 6.18. The summed E-state index contributed by atoms with van der Waals surface area (Å²) >= 11 is 20.7. The highest BCUT2D eigenvalue weighted by molar-refractivity contribution is 9.13. The molecule has 102 valence electrons. The Hall–Kier alpha value is 0.420. The second-order valence-electron chi connectivity index (χ2n) is 4.00. The molecular weight excluding hydrogens is 433 g/mol. The van der Waals surface area contributed by atoms with Crippen molar-refractivity contribution in [1.82, 2.24) is 5.32 Å². The average Bonchev–Trinajstić information content (AvgIpc) is 2.66. The van der Waals surface area contributed by atoms with E-state index in [1.807, 2.05) is 12.1 Å². The van der Waals surface area contributed by atoms with Crippen LogP contribution in [0.3, 0.4) is 0 Å². The van der Waals surface area contributed by atoms with Gasteiger partial charge in [0.25, 0.3) is 0 Å². The number of halogens is 4. The topological polar surface area (TPSA) is 12.0 Å². The average molecular weight is 444 g/mol. The van der Waals surface area contributed by atoms with Crippen molar-refractivity contribution in [3.8, 4) is 0 Å². The fourth-order valence-electron chi connectivity index (χ4n) is 1.64. The molecule has 0 aliphatic rings. The summed E-state index contributed by atoms with van der Waals surface area (Å²) in [6.45, 7) is 1.74. The molecular formula is C13H11Br2Cl2NS. The van der Waals surface area contributed by atoms with Crippen molar-refractivity contribution in [3.05, 3.63) is 53.0 Å². The molecule has 0 radical (unpaired) electrons. The number of rotatable bonds is 5. The molecule has 0 aliphatic heterocycles. The van der Waals surface area contributed by atoms with E-state index >= 15 is 0 Å². The van der Waals surface area contributed by atoms with Gasteiger partial charge in [-0.15, -0.1) is 11.3 Å². The molecule has 2 aromatic rings. The smallest absolute Gasteiger partial charge is 0.0843 e. The summed E-state index contributed by atoms with van der Waals surface area (Å²) in [6.07, 6.45) is 0.893. The zero-order valence-electron chi connectivity index (χ0n) is 9.85. The van der Waals surface area contributed by atoms with Crippen LogP contribution < -0.4 is 5.32 Å². The van der Waals surface area contributed by atoms with Gasteiger partial charge < -0.3 is 5.32 Å². The Bertz CT molecular complexity index is 552. The largest absolute Gasteiger partial charge is 0.312 e. The van der Waals surface area contributed by atoms with Crippen LogP contribution in [0.1, 0.15) is 10.4 Å². The van der Waals surface area contributed by atoms with Crippen LogP contribution in [0.15, 0.2) is 32.5 Å². The number of hydrogen-bond acceptors (Lipinski definition) is 2. The standard InChI is InChI=1S/C13H11Br2Cl2NS/c14-11-6-10(19-13(11)15)7-18-4-3-8-1-2-9(16)5-12(8)17/h1-2,5-6,18H,3-4,7H2. The maximum Gasteiger partial charge on any atom is 0.0843 e. The van der Waals surface area contributed by atoms with Crippen LogP contribution in [0.5, 0.6) is 0 Å². The zero-order valence-corrected chi connectivity index (χ0v) is 15.4. The lowest BCUT2D eigenvalue weighted by molar-refractivity contribution is 0.693. The fraction of sp³-hybridized carbons (Fsp3) is 0.231. The maximum absolute atomic E-state index is 6.13. The molecule has 0 spiro atoms. The monoisotopic (exact) mass is 441 g/mol. The van der Waals surface area contributed by atoms with E-state index in [0.29, 0.717) is 5.02 Å². The van der Waals surface area contributed by atoms with Crippen molar-refractivity contribution in [2.24, 2.45) is 0 Å². The summed E-state index contributed by atoms with van der Waals surface area (Å²) in [6, 6.07) is 7.75. The van der Waals surface area contributed by atoms with E-state index < -0.39 is 0 Å². The van der Waals surface area contributed by atoms with Gasteiger partial charge >= 0.3 is 0 Å². The van der Waals surface area contributed by atoms with Crippen molar-refractivity contribution < 1.29 is 0 Å². The van der Waals surface area contributed by atoms with Crippen molar-refractivity contribution in [2.45, 2.75) is 13.0 Å². The van der Waals surface area contributed by atoms with Gasteiger partial charge in [-0.2, -0.15) is 0 Å². The second kappa shape index (κ2) is 7.43. The Labute approximate surface area is 143 Å². The van der Waals surface area contributed by atoms with Crippen LogP contribution in [0.2, 0.25) is 10.0 Å². The van der Waals surface area contributed by atoms with Crippen LogP contribution in [-0.4, -0.2) is 6.54 Å². The minimum atomic E-state index is 0.676. The van der Waals surface area contributed by atoms with Gasteiger partial charge in [0.05, 0.1) is 3.79 Å². The Morgan fingerprint density at radius 2 is 1.95 bits per heavy atom. The predicted octanol–water partition coefficient (Wildman–Crippen LogP) is 5.91. The molecule has 6 heteroatoms. The van der Waals surface area contributed by atoms with E-state index in [0.717, 1.165) is 38.4 Å². The van der Waals surface area contributed by atoms with Gasteiger partial charge in [-0.3, -0.25) is 0 Å². The van der Waals surface area contributed by atoms with E-state index in [-0.39, 0.29) is 0 Å². The molecule has 1 aromatic carbocycles. The lowest BCUT2D eigenvalue weighted by atomic mass is 10.1. The zero-order chi connectivity index (χ0) is 13.8. The summed E-state index contributed by atoms with van der Waals surface area (Å²) < 4.78 is 2.24. The Morgan fingerprint density at radius 3 is 2.58 bits per heavy atom. The molecule has 0 atom stereocenters. The van der Waals surface area contributed by atoms with E-state index in [1.165, 1.54) is 4.88 Å². The highest BCUT2D eigenvalue weighted by Gasteiger charge is 2.04. The molecule has 0 saturated heterocycles. The van der Waals surface area contributed by atoms with Gasteiger partial charge in [-0.1, -0.05) is 29.3 Å². The first-order valence-electron chi connectivity index (χ1n) is 5.64. The van der Waals surface area contributed by atoms with E-state index in [4.69, 9.17) is 23.2 Å². The molecule has 0 saturated carbocycles. The Morgan fingerprint density at radius 1 is 1.16 bits per heavy atom. The first-order valence-corrected chi connectivity index (χ1v) is 8.80. The number of hydrogen-bond donors (Lipinski definition) is 1. The molecule has 1 aromatic heterocycles. The third kappa shape index (κ3) is 4.73. The van der Waals surface area contributed by atoms with Crippen molar-refractivity contribution in [1.29, 1.82) is 0 Å².